The van der Waals surface area contributed by atoms with Gasteiger partial charge in [0, 0.05) is 20.1 Å². The van der Waals surface area contributed by atoms with E-state index in [0.29, 0.717) is 13.2 Å². The van der Waals surface area contributed by atoms with E-state index in [1.807, 2.05) is 42.9 Å². The van der Waals surface area contributed by atoms with Crippen molar-refractivity contribution in [1.29, 1.82) is 0 Å². The minimum atomic E-state index is 0.0639. The zero-order valence-electron chi connectivity index (χ0n) is 14.5. The first-order valence-corrected chi connectivity index (χ1v) is 8.65. The number of benzene rings is 1. The third kappa shape index (κ3) is 3.61. The fraction of sp³-hybridized carbons (Fsp3) is 0.474. The van der Waals surface area contributed by atoms with Gasteiger partial charge in [-0.2, -0.15) is 5.10 Å². The van der Waals surface area contributed by atoms with Crippen molar-refractivity contribution in [3.8, 4) is 5.75 Å². The number of carbonyl (C=O) groups excluding carboxylic acids is 1. The third-order valence-corrected chi connectivity index (χ3v) is 4.55. The molecular weight excluding hydrogens is 302 g/mol. The molecule has 24 heavy (non-hydrogen) atoms. The Morgan fingerprint density at radius 1 is 1.33 bits per heavy atom. The standard InChI is InChI=1S/C19H25N3O2/c1-15-8-3-4-10-18(15)24-13-7-11-21(2)19(23)16-14-20-22-12-6-5-9-17(16)22/h3-4,8,10,14H,5-7,9,11-13H2,1-2H3. The maximum absolute atomic E-state index is 12.6. The van der Waals surface area contributed by atoms with E-state index in [2.05, 4.69) is 5.10 Å². The van der Waals surface area contributed by atoms with Crippen molar-refractivity contribution in [2.24, 2.45) is 0 Å². The minimum Gasteiger partial charge on any atom is -0.493 e. The Hall–Kier alpha value is -2.30. The summed E-state index contributed by atoms with van der Waals surface area (Å²) in [6.07, 6.45) is 5.77. The lowest BCUT2D eigenvalue weighted by molar-refractivity contribution is 0.0786. The summed E-state index contributed by atoms with van der Waals surface area (Å²) in [5.74, 6) is 0.978. The average Bonchev–Trinajstić information content (AvgIpc) is 3.03. The van der Waals surface area contributed by atoms with Crippen molar-refractivity contribution in [2.45, 2.75) is 39.2 Å². The third-order valence-electron chi connectivity index (χ3n) is 4.55. The molecule has 0 radical (unpaired) electrons. The lowest BCUT2D eigenvalue weighted by Gasteiger charge is -2.19. The van der Waals surface area contributed by atoms with Gasteiger partial charge < -0.3 is 9.64 Å². The van der Waals surface area contributed by atoms with Crippen LogP contribution in [-0.4, -0.2) is 40.8 Å². The molecule has 0 bridgehead atoms. The van der Waals surface area contributed by atoms with Crippen molar-refractivity contribution >= 4 is 5.91 Å². The molecule has 1 amide bonds. The number of para-hydroxylation sites is 1. The summed E-state index contributed by atoms with van der Waals surface area (Å²) in [6.45, 7) is 4.24. The van der Waals surface area contributed by atoms with Gasteiger partial charge in [-0.05, 0) is 44.2 Å². The monoisotopic (exact) mass is 327 g/mol. The SMILES string of the molecule is Cc1ccccc1OCCCN(C)C(=O)c1cnn2c1CCCC2. The lowest BCUT2D eigenvalue weighted by atomic mass is 10.1. The number of nitrogens with zero attached hydrogens (tertiary/aromatic N) is 3. The second-order valence-electron chi connectivity index (χ2n) is 6.38. The molecule has 5 nitrogen and oxygen atoms in total. The molecule has 0 fully saturated rings. The first kappa shape index (κ1) is 16.6. The van der Waals surface area contributed by atoms with Crippen LogP contribution in [0.25, 0.3) is 0 Å². The number of amides is 1. The maximum atomic E-state index is 12.6. The summed E-state index contributed by atoms with van der Waals surface area (Å²) >= 11 is 0. The highest BCUT2D eigenvalue weighted by atomic mass is 16.5. The van der Waals surface area contributed by atoms with Gasteiger partial charge >= 0.3 is 0 Å². The van der Waals surface area contributed by atoms with E-state index in [4.69, 9.17) is 4.74 Å². The van der Waals surface area contributed by atoms with Crippen LogP contribution < -0.4 is 4.74 Å². The quantitative estimate of drug-likeness (QED) is 0.766. The molecule has 0 saturated heterocycles. The van der Waals surface area contributed by atoms with Crippen LogP contribution in [0.3, 0.4) is 0 Å². The molecule has 2 aromatic rings. The van der Waals surface area contributed by atoms with Crippen molar-refractivity contribution in [3.05, 3.63) is 47.3 Å². The van der Waals surface area contributed by atoms with E-state index in [1.165, 1.54) is 0 Å². The van der Waals surface area contributed by atoms with Crippen molar-refractivity contribution in [1.82, 2.24) is 14.7 Å². The Labute approximate surface area is 143 Å². The largest absolute Gasteiger partial charge is 0.493 e. The van der Waals surface area contributed by atoms with Crippen LogP contribution >= 0.6 is 0 Å². The summed E-state index contributed by atoms with van der Waals surface area (Å²) in [5.41, 5.74) is 2.99. The number of carbonyl (C=O) groups is 1. The van der Waals surface area contributed by atoms with E-state index in [0.717, 1.165) is 54.8 Å². The van der Waals surface area contributed by atoms with Gasteiger partial charge in [0.2, 0.25) is 0 Å². The fourth-order valence-electron chi connectivity index (χ4n) is 3.11. The second kappa shape index (κ2) is 7.51. The van der Waals surface area contributed by atoms with Crippen molar-refractivity contribution < 1.29 is 9.53 Å². The molecule has 2 heterocycles. The van der Waals surface area contributed by atoms with Crippen LogP contribution in [0.15, 0.2) is 30.5 Å². The molecular formula is C19H25N3O2. The Morgan fingerprint density at radius 3 is 3.00 bits per heavy atom. The zero-order chi connectivity index (χ0) is 16.9. The van der Waals surface area contributed by atoms with Gasteiger partial charge in [0.15, 0.2) is 0 Å². The van der Waals surface area contributed by atoms with E-state index in [9.17, 15) is 4.79 Å². The molecule has 1 aliphatic heterocycles. The molecule has 128 valence electrons. The highest BCUT2D eigenvalue weighted by Crippen LogP contribution is 2.19. The van der Waals surface area contributed by atoms with E-state index < -0.39 is 0 Å². The highest BCUT2D eigenvalue weighted by molar-refractivity contribution is 5.95. The van der Waals surface area contributed by atoms with Gasteiger partial charge in [0.05, 0.1) is 24.1 Å². The number of hydrogen-bond donors (Lipinski definition) is 0. The van der Waals surface area contributed by atoms with Gasteiger partial charge in [-0.1, -0.05) is 18.2 Å². The van der Waals surface area contributed by atoms with Crippen LogP contribution in [0.1, 0.15) is 40.9 Å². The van der Waals surface area contributed by atoms with Gasteiger partial charge in [-0.15, -0.1) is 0 Å². The van der Waals surface area contributed by atoms with Crippen LogP contribution in [0, 0.1) is 6.92 Å². The van der Waals surface area contributed by atoms with Crippen molar-refractivity contribution in [3.63, 3.8) is 0 Å². The highest BCUT2D eigenvalue weighted by Gasteiger charge is 2.21. The second-order valence-corrected chi connectivity index (χ2v) is 6.38. The Balaban J connectivity index is 1.50. The number of fused-ring (bicyclic) bond motifs is 1. The molecule has 0 unspecified atom stereocenters. The molecule has 1 aromatic carbocycles. The van der Waals surface area contributed by atoms with Crippen LogP contribution in [0.4, 0.5) is 0 Å². The molecule has 0 atom stereocenters. The normalized spacial score (nSPS) is 13.4. The molecule has 5 heteroatoms. The zero-order valence-corrected chi connectivity index (χ0v) is 14.5. The Kier molecular flexibility index (Phi) is 5.18. The predicted molar refractivity (Wildman–Crippen MR) is 93.4 cm³/mol. The molecule has 3 rings (SSSR count). The summed E-state index contributed by atoms with van der Waals surface area (Å²) in [4.78, 5) is 14.4. The summed E-state index contributed by atoms with van der Waals surface area (Å²) in [7, 11) is 1.85. The van der Waals surface area contributed by atoms with Gasteiger partial charge in [-0.25, -0.2) is 0 Å². The smallest absolute Gasteiger partial charge is 0.257 e. The maximum Gasteiger partial charge on any atom is 0.257 e. The number of ether oxygens (including phenoxy) is 1. The number of rotatable bonds is 6. The molecule has 0 N–H and O–H groups in total. The van der Waals surface area contributed by atoms with Crippen LogP contribution in [0.5, 0.6) is 5.75 Å². The summed E-state index contributed by atoms with van der Waals surface area (Å²) < 4.78 is 7.77. The predicted octanol–water partition coefficient (Wildman–Crippen LogP) is 3.07. The molecule has 1 aromatic heterocycles. The molecule has 0 spiro atoms. The minimum absolute atomic E-state index is 0.0639. The summed E-state index contributed by atoms with van der Waals surface area (Å²) in [6, 6.07) is 7.99. The van der Waals surface area contributed by atoms with Gasteiger partial charge in [-0.3, -0.25) is 9.48 Å². The molecule has 0 saturated carbocycles. The topological polar surface area (TPSA) is 47.4 Å². The van der Waals surface area contributed by atoms with Crippen molar-refractivity contribution in [2.75, 3.05) is 20.2 Å². The first-order valence-electron chi connectivity index (χ1n) is 8.65. The van der Waals surface area contributed by atoms with Gasteiger partial charge in [0.1, 0.15) is 5.75 Å². The lowest BCUT2D eigenvalue weighted by Crippen LogP contribution is -2.29. The number of aryl methyl sites for hydroxylation is 2. The first-order chi connectivity index (χ1) is 11.7. The fourth-order valence-corrected chi connectivity index (χ4v) is 3.11. The number of hydrogen-bond acceptors (Lipinski definition) is 3. The van der Waals surface area contributed by atoms with Gasteiger partial charge in [0.25, 0.3) is 5.91 Å². The number of aromatic nitrogens is 2. The average molecular weight is 327 g/mol. The molecule has 0 aliphatic carbocycles. The Morgan fingerprint density at radius 2 is 2.17 bits per heavy atom. The Bertz CT molecular complexity index is 708. The van der Waals surface area contributed by atoms with Crippen LogP contribution in [0.2, 0.25) is 0 Å². The van der Waals surface area contributed by atoms with E-state index in [1.54, 1.807) is 11.1 Å². The molecule has 1 aliphatic rings. The summed E-state index contributed by atoms with van der Waals surface area (Å²) in [5, 5.41) is 4.35. The van der Waals surface area contributed by atoms with Crippen LogP contribution in [-0.2, 0) is 13.0 Å². The van der Waals surface area contributed by atoms with E-state index >= 15 is 0 Å². The van der Waals surface area contributed by atoms with E-state index in [-0.39, 0.29) is 5.91 Å².